The van der Waals surface area contributed by atoms with Crippen molar-refractivity contribution in [3.8, 4) is 0 Å². The second-order valence-corrected chi connectivity index (χ2v) is 6.02. The first kappa shape index (κ1) is 12.9. The molecule has 0 spiro atoms. The van der Waals surface area contributed by atoms with Crippen molar-refractivity contribution in [1.82, 2.24) is 13.9 Å². The van der Waals surface area contributed by atoms with Crippen LogP contribution in [0, 0.1) is 0 Å². The Bertz CT molecular complexity index is 286. The molecule has 1 heterocycles. The largest absolute Gasteiger partial charge is 0.374 e. The number of nitrogens with zero attached hydrogens (tertiary/aromatic N) is 2. The molecule has 1 aliphatic rings. The zero-order valence-corrected chi connectivity index (χ0v) is 10.2. The molecule has 1 saturated heterocycles. The average molecular weight is 237 g/mol. The Morgan fingerprint density at radius 2 is 2.07 bits per heavy atom. The molecule has 1 N–H and O–H groups in total. The standard InChI is InChI=1S/C8H19N3O3S/c1-10(2)15(12,13)11(3)7-8-6-9-4-5-14-8/h8-9H,4-7H2,1-3H3. The lowest BCUT2D eigenvalue weighted by molar-refractivity contribution is 0.0201. The minimum atomic E-state index is -3.32. The number of morpholine rings is 1. The Morgan fingerprint density at radius 3 is 2.53 bits per heavy atom. The van der Waals surface area contributed by atoms with Gasteiger partial charge in [-0.3, -0.25) is 0 Å². The highest BCUT2D eigenvalue weighted by molar-refractivity contribution is 7.86. The molecular formula is C8H19N3O3S. The van der Waals surface area contributed by atoms with Crippen molar-refractivity contribution in [3.63, 3.8) is 0 Å². The Balaban J connectivity index is 2.50. The second kappa shape index (κ2) is 5.22. The summed E-state index contributed by atoms with van der Waals surface area (Å²) in [4.78, 5) is 0. The van der Waals surface area contributed by atoms with Crippen LogP contribution >= 0.6 is 0 Å². The van der Waals surface area contributed by atoms with Crippen LogP contribution in [-0.4, -0.2) is 70.5 Å². The molecule has 1 rings (SSSR count). The number of hydrogen-bond donors (Lipinski definition) is 1. The molecule has 0 aromatic heterocycles. The molecule has 0 aromatic rings. The van der Waals surface area contributed by atoms with Gasteiger partial charge in [-0.25, -0.2) is 0 Å². The molecular weight excluding hydrogens is 218 g/mol. The predicted octanol–water partition coefficient (Wildman–Crippen LogP) is -1.29. The Kier molecular flexibility index (Phi) is 4.47. The van der Waals surface area contributed by atoms with E-state index < -0.39 is 10.2 Å². The molecule has 15 heavy (non-hydrogen) atoms. The molecule has 1 aliphatic heterocycles. The molecule has 0 aliphatic carbocycles. The van der Waals surface area contributed by atoms with E-state index in [1.54, 1.807) is 7.05 Å². The van der Waals surface area contributed by atoms with E-state index in [-0.39, 0.29) is 6.10 Å². The maximum Gasteiger partial charge on any atom is 0.281 e. The van der Waals surface area contributed by atoms with Crippen molar-refractivity contribution in [2.45, 2.75) is 6.10 Å². The summed E-state index contributed by atoms with van der Waals surface area (Å²) in [7, 11) is 1.28. The van der Waals surface area contributed by atoms with E-state index in [0.29, 0.717) is 19.7 Å². The zero-order valence-electron chi connectivity index (χ0n) is 9.43. The van der Waals surface area contributed by atoms with Crippen LogP contribution in [0.1, 0.15) is 0 Å². The summed E-state index contributed by atoms with van der Waals surface area (Å²) in [6.45, 7) is 2.56. The summed E-state index contributed by atoms with van der Waals surface area (Å²) in [5.74, 6) is 0. The molecule has 0 bridgehead atoms. The summed E-state index contributed by atoms with van der Waals surface area (Å²) >= 11 is 0. The minimum absolute atomic E-state index is 0.0570. The Morgan fingerprint density at radius 1 is 1.40 bits per heavy atom. The smallest absolute Gasteiger partial charge is 0.281 e. The van der Waals surface area contributed by atoms with E-state index >= 15 is 0 Å². The van der Waals surface area contributed by atoms with Crippen LogP contribution in [0.2, 0.25) is 0 Å². The third kappa shape index (κ3) is 3.39. The average Bonchev–Trinajstić information content (AvgIpc) is 2.18. The molecule has 6 nitrogen and oxygen atoms in total. The van der Waals surface area contributed by atoms with E-state index in [0.717, 1.165) is 6.54 Å². The van der Waals surface area contributed by atoms with Crippen molar-refractivity contribution < 1.29 is 13.2 Å². The number of hydrogen-bond acceptors (Lipinski definition) is 4. The first-order chi connectivity index (χ1) is 6.94. The van der Waals surface area contributed by atoms with E-state index in [2.05, 4.69) is 5.32 Å². The summed E-state index contributed by atoms with van der Waals surface area (Å²) in [6, 6.07) is 0. The quantitative estimate of drug-likeness (QED) is 0.661. The van der Waals surface area contributed by atoms with Gasteiger partial charge in [0, 0.05) is 40.8 Å². The van der Waals surface area contributed by atoms with E-state index in [9.17, 15) is 8.42 Å². The van der Waals surface area contributed by atoms with Gasteiger partial charge in [0.15, 0.2) is 0 Å². The normalized spacial score (nSPS) is 23.7. The Labute approximate surface area is 91.4 Å². The van der Waals surface area contributed by atoms with Crippen LogP contribution in [-0.2, 0) is 14.9 Å². The first-order valence-corrected chi connectivity index (χ1v) is 6.30. The lowest BCUT2D eigenvalue weighted by Crippen LogP contribution is -2.47. The van der Waals surface area contributed by atoms with Crippen molar-refractivity contribution in [1.29, 1.82) is 0 Å². The predicted molar refractivity (Wildman–Crippen MR) is 57.8 cm³/mol. The van der Waals surface area contributed by atoms with Crippen LogP contribution in [0.5, 0.6) is 0 Å². The molecule has 7 heteroatoms. The molecule has 0 aromatic carbocycles. The Hall–Kier alpha value is -0.210. The van der Waals surface area contributed by atoms with Gasteiger partial charge in [-0.2, -0.15) is 17.0 Å². The fourth-order valence-corrected chi connectivity index (χ4v) is 2.31. The third-order valence-corrected chi connectivity index (χ3v) is 4.18. The topological polar surface area (TPSA) is 61.9 Å². The third-order valence-electron chi connectivity index (χ3n) is 2.32. The summed E-state index contributed by atoms with van der Waals surface area (Å²) < 4.78 is 31.3. The van der Waals surface area contributed by atoms with Crippen LogP contribution in [0.25, 0.3) is 0 Å². The molecule has 0 saturated carbocycles. The van der Waals surface area contributed by atoms with Crippen molar-refractivity contribution in [2.75, 3.05) is 47.4 Å². The first-order valence-electron chi connectivity index (χ1n) is 4.90. The number of nitrogens with one attached hydrogen (secondary N) is 1. The summed E-state index contributed by atoms with van der Waals surface area (Å²) in [6.07, 6.45) is -0.0570. The fraction of sp³-hybridized carbons (Fsp3) is 1.00. The number of rotatable bonds is 4. The minimum Gasteiger partial charge on any atom is -0.374 e. The second-order valence-electron chi connectivity index (χ2n) is 3.77. The molecule has 0 amide bonds. The van der Waals surface area contributed by atoms with Gasteiger partial charge < -0.3 is 10.1 Å². The monoisotopic (exact) mass is 237 g/mol. The molecule has 1 atom stereocenters. The number of likely N-dealkylation sites (N-methyl/N-ethyl adjacent to an activating group) is 1. The summed E-state index contributed by atoms with van der Waals surface area (Å²) in [5.41, 5.74) is 0. The van der Waals surface area contributed by atoms with Crippen LogP contribution < -0.4 is 5.32 Å². The maximum atomic E-state index is 11.7. The maximum absolute atomic E-state index is 11.7. The van der Waals surface area contributed by atoms with Crippen LogP contribution in [0.4, 0.5) is 0 Å². The van der Waals surface area contributed by atoms with Crippen molar-refractivity contribution >= 4 is 10.2 Å². The van der Waals surface area contributed by atoms with Gasteiger partial charge in [-0.1, -0.05) is 0 Å². The van der Waals surface area contributed by atoms with Crippen LogP contribution in [0.15, 0.2) is 0 Å². The molecule has 1 unspecified atom stereocenters. The van der Waals surface area contributed by atoms with Gasteiger partial charge in [0.2, 0.25) is 0 Å². The van der Waals surface area contributed by atoms with Gasteiger partial charge in [-0.15, -0.1) is 0 Å². The summed E-state index contributed by atoms with van der Waals surface area (Å²) in [5, 5.41) is 3.16. The van der Waals surface area contributed by atoms with Gasteiger partial charge in [-0.05, 0) is 0 Å². The van der Waals surface area contributed by atoms with E-state index in [4.69, 9.17) is 4.74 Å². The highest BCUT2D eigenvalue weighted by Gasteiger charge is 2.24. The molecule has 1 fully saturated rings. The lowest BCUT2D eigenvalue weighted by atomic mass is 10.3. The lowest BCUT2D eigenvalue weighted by Gasteiger charge is -2.28. The number of ether oxygens (including phenoxy) is 1. The van der Waals surface area contributed by atoms with Gasteiger partial charge in [0.05, 0.1) is 12.7 Å². The van der Waals surface area contributed by atoms with E-state index in [1.807, 2.05) is 0 Å². The van der Waals surface area contributed by atoms with Crippen LogP contribution in [0.3, 0.4) is 0 Å². The van der Waals surface area contributed by atoms with Gasteiger partial charge in [0.1, 0.15) is 0 Å². The highest BCUT2D eigenvalue weighted by Crippen LogP contribution is 2.05. The fourth-order valence-electron chi connectivity index (χ4n) is 1.40. The van der Waals surface area contributed by atoms with Crippen molar-refractivity contribution in [2.24, 2.45) is 0 Å². The molecule has 90 valence electrons. The van der Waals surface area contributed by atoms with E-state index in [1.165, 1.54) is 22.7 Å². The van der Waals surface area contributed by atoms with Gasteiger partial charge >= 0.3 is 0 Å². The van der Waals surface area contributed by atoms with Crippen molar-refractivity contribution in [3.05, 3.63) is 0 Å². The SMILES string of the molecule is CN(C)S(=O)(=O)N(C)CC1CNCCO1. The highest BCUT2D eigenvalue weighted by atomic mass is 32.2. The van der Waals surface area contributed by atoms with Gasteiger partial charge in [0.25, 0.3) is 10.2 Å². The molecule has 0 radical (unpaired) electrons. The zero-order chi connectivity index (χ0) is 11.5.